The molecule has 1 atom stereocenters. The van der Waals surface area contributed by atoms with Gasteiger partial charge >= 0.3 is 0 Å². The molecule has 4 rings (SSSR count). The fourth-order valence-electron chi connectivity index (χ4n) is 3.47. The van der Waals surface area contributed by atoms with Gasteiger partial charge in [0.1, 0.15) is 4.90 Å². The number of ether oxygens (including phenoxy) is 2. The van der Waals surface area contributed by atoms with Crippen molar-refractivity contribution in [3.05, 3.63) is 64.4 Å². The number of nitrogens with one attached hydrogen (secondary N) is 1. The predicted molar refractivity (Wildman–Crippen MR) is 111 cm³/mol. The van der Waals surface area contributed by atoms with Crippen LogP contribution in [0, 0.1) is 0 Å². The van der Waals surface area contributed by atoms with Gasteiger partial charge in [0.15, 0.2) is 11.5 Å². The number of benzene rings is 2. The molecule has 2 aromatic carbocycles. The number of rotatable bonds is 5. The van der Waals surface area contributed by atoms with Gasteiger partial charge in [0.25, 0.3) is 0 Å². The molecule has 8 heteroatoms. The Labute approximate surface area is 173 Å². The molecule has 150 valence electrons. The molecule has 1 aliphatic heterocycles. The Morgan fingerprint density at radius 3 is 2.45 bits per heavy atom. The van der Waals surface area contributed by atoms with E-state index in [0.717, 1.165) is 10.4 Å². The lowest BCUT2D eigenvalue weighted by atomic mass is 9.90. The molecule has 1 aromatic heterocycles. The standard InChI is InChI=1S/C21H19NO5S2/c1-26-16-9-8-13(10-17(16)27-2)15-11-19(23)22-20-18(12-28-21(15)20)29(24,25)14-6-4-3-5-7-14/h3-10,12,15H,11H2,1-2H3,(H,22,23). The SMILES string of the molecule is COc1ccc(C2CC(=O)Nc3c(S(=O)(=O)c4ccccc4)csc32)cc1OC. The van der Waals surface area contributed by atoms with Crippen molar-refractivity contribution in [1.29, 1.82) is 0 Å². The van der Waals surface area contributed by atoms with Gasteiger partial charge in [0.05, 0.1) is 24.8 Å². The molecule has 0 saturated carbocycles. The van der Waals surface area contributed by atoms with Crippen LogP contribution in [0.25, 0.3) is 0 Å². The number of carbonyl (C=O) groups excluding carboxylic acids is 1. The number of anilines is 1. The van der Waals surface area contributed by atoms with Crippen LogP contribution in [0.5, 0.6) is 11.5 Å². The van der Waals surface area contributed by atoms with Crippen molar-refractivity contribution < 1.29 is 22.7 Å². The third-order valence-electron chi connectivity index (χ3n) is 4.91. The van der Waals surface area contributed by atoms with E-state index in [9.17, 15) is 13.2 Å². The Morgan fingerprint density at radius 2 is 1.76 bits per heavy atom. The zero-order chi connectivity index (χ0) is 20.6. The molecule has 6 nitrogen and oxygen atoms in total. The van der Waals surface area contributed by atoms with Crippen molar-refractivity contribution in [2.24, 2.45) is 0 Å². The van der Waals surface area contributed by atoms with Crippen LogP contribution in [-0.4, -0.2) is 28.5 Å². The molecule has 0 spiro atoms. The third-order valence-corrected chi connectivity index (χ3v) is 7.95. The van der Waals surface area contributed by atoms with Crippen molar-refractivity contribution in [3.8, 4) is 11.5 Å². The van der Waals surface area contributed by atoms with Gasteiger partial charge in [-0.15, -0.1) is 11.3 Å². The first-order chi connectivity index (χ1) is 14.0. The summed E-state index contributed by atoms with van der Waals surface area (Å²) in [6.45, 7) is 0. The van der Waals surface area contributed by atoms with Gasteiger partial charge in [0.2, 0.25) is 15.7 Å². The van der Waals surface area contributed by atoms with Crippen LogP contribution in [-0.2, 0) is 14.6 Å². The molecule has 0 bridgehead atoms. The lowest BCUT2D eigenvalue weighted by Gasteiger charge is -2.24. The molecule has 0 fully saturated rings. The maximum Gasteiger partial charge on any atom is 0.225 e. The van der Waals surface area contributed by atoms with E-state index in [1.54, 1.807) is 56.0 Å². The van der Waals surface area contributed by atoms with Gasteiger partial charge in [0, 0.05) is 22.6 Å². The summed E-state index contributed by atoms with van der Waals surface area (Å²) in [5.41, 5.74) is 1.24. The molecule has 29 heavy (non-hydrogen) atoms. The number of methoxy groups -OCH3 is 2. The number of amides is 1. The summed E-state index contributed by atoms with van der Waals surface area (Å²) >= 11 is 1.34. The Balaban J connectivity index is 1.81. The first-order valence-corrected chi connectivity index (χ1v) is 11.2. The van der Waals surface area contributed by atoms with Crippen molar-refractivity contribution in [2.75, 3.05) is 19.5 Å². The molecule has 1 aliphatic rings. The monoisotopic (exact) mass is 429 g/mol. The van der Waals surface area contributed by atoms with Crippen molar-refractivity contribution in [2.45, 2.75) is 22.1 Å². The highest BCUT2D eigenvalue weighted by atomic mass is 32.2. The number of thiophene rings is 1. The maximum absolute atomic E-state index is 13.1. The van der Waals surface area contributed by atoms with Crippen LogP contribution in [0.3, 0.4) is 0 Å². The molecule has 3 aromatic rings. The second-order valence-electron chi connectivity index (χ2n) is 6.58. The van der Waals surface area contributed by atoms with E-state index >= 15 is 0 Å². The molecule has 1 amide bonds. The molecule has 1 N–H and O–H groups in total. The van der Waals surface area contributed by atoms with E-state index in [-0.39, 0.29) is 28.0 Å². The van der Waals surface area contributed by atoms with Crippen LogP contribution in [0.2, 0.25) is 0 Å². The third kappa shape index (κ3) is 3.38. The lowest BCUT2D eigenvalue weighted by Crippen LogP contribution is -2.23. The summed E-state index contributed by atoms with van der Waals surface area (Å²) in [6, 6.07) is 13.7. The van der Waals surface area contributed by atoms with Gasteiger partial charge in [-0.3, -0.25) is 4.79 Å². The lowest BCUT2D eigenvalue weighted by molar-refractivity contribution is -0.116. The molecular formula is C21H19NO5S2. The number of sulfone groups is 1. The number of fused-ring (bicyclic) bond motifs is 1. The highest BCUT2D eigenvalue weighted by molar-refractivity contribution is 7.91. The van der Waals surface area contributed by atoms with Crippen LogP contribution in [0.15, 0.2) is 63.7 Å². The first-order valence-electron chi connectivity index (χ1n) is 8.89. The smallest absolute Gasteiger partial charge is 0.225 e. The maximum atomic E-state index is 13.1. The van der Waals surface area contributed by atoms with Gasteiger partial charge in [-0.05, 0) is 29.8 Å². The largest absolute Gasteiger partial charge is 0.493 e. The minimum Gasteiger partial charge on any atom is -0.493 e. The Bertz CT molecular complexity index is 1170. The summed E-state index contributed by atoms with van der Waals surface area (Å²) < 4.78 is 36.9. The summed E-state index contributed by atoms with van der Waals surface area (Å²) in [5.74, 6) is 0.671. The van der Waals surface area contributed by atoms with Gasteiger partial charge in [-0.25, -0.2) is 8.42 Å². The highest BCUT2D eigenvalue weighted by Gasteiger charge is 2.34. The van der Waals surface area contributed by atoms with Crippen LogP contribution in [0.1, 0.15) is 22.8 Å². The second-order valence-corrected chi connectivity index (χ2v) is 9.40. The van der Waals surface area contributed by atoms with Crippen molar-refractivity contribution >= 4 is 32.8 Å². The minimum absolute atomic E-state index is 0.127. The molecular weight excluding hydrogens is 410 g/mol. The zero-order valence-corrected chi connectivity index (χ0v) is 17.5. The summed E-state index contributed by atoms with van der Waals surface area (Å²) in [7, 11) is -0.628. The van der Waals surface area contributed by atoms with E-state index in [2.05, 4.69) is 5.32 Å². The number of hydrogen-bond acceptors (Lipinski definition) is 6. The minimum atomic E-state index is -3.74. The predicted octanol–water partition coefficient (Wildman–Crippen LogP) is 4.07. The van der Waals surface area contributed by atoms with E-state index in [0.29, 0.717) is 17.2 Å². The molecule has 0 saturated heterocycles. The average Bonchev–Trinajstić information content (AvgIpc) is 3.17. The van der Waals surface area contributed by atoms with Gasteiger partial charge < -0.3 is 14.8 Å². The Morgan fingerprint density at radius 1 is 1.03 bits per heavy atom. The van der Waals surface area contributed by atoms with Crippen LogP contribution < -0.4 is 14.8 Å². The highest BCUT2D eigenvalue weighted by Crippen LogP contribution is 2.46. The fourth-order valence-corrected chi connectivity index (χ4v) is 6.40. The molecule has 0 radical (unpaired) electrons. The Hall–Kier alpha value is -2.84. The molecule has 1 unspecified atom stereocenters. The van der Waals surface area contributed by atoms with E-state index in [1.165, 1.54) is 11.3 Å². The first kappa shape index (κ1) is 19.5. The molecule has 2 heterocycles. The van der Waals surface area contributed by atoms with Crippen LogP contribution in [0.4, 0.5) is 5.69 Å². The molecule has 0 aliphatic carbocycles. The quantitative estimate of drug-likeness (QED) is 0.661. The van der Waals surface area contributed by atoms with Crippen molar-refractivity contribution in [3.63, 3.8) is 0 Å². The van der Waals surface area contributed by atoms with E-state index < -0.39 is 9.84 Å². The van der Waals surface area contributed by atoms with E-state index in [1.807, 2.05) is 12.1 Å². The number of carbonyl (C=O) groups is 1. The van der Waals surface area contributed by atoms with Crippen molar-refractivity contribution in [1.82, 2.24) is 0 Å². The Kier molecular flexibility index (Phi) is 5.06. The summed E-state index contributed by atoms with van der Waals surface area (Å²) in [4.78, 5) is 13.6. The van der Waals surface area contributed by atoms with Crippen LogP contribution >= 0.6 is 11.3 Å². The van der Waals surface area contributed by atoms with Gasteiger partial charge in [-0.1, -0.05) is 24.3 Å². The topological polar surface area (TPSA) is 81.7 Å². The summed E-state index contributed by atoms with van der Waals surface area (Å²) in [5, 5.41) is 4.38. The average molecular weight is 430 g/mol. The van der Waals surface area contributed by atoms with E-state index in [4.69, 9.17) is 9.47 Å². The van der Waals surface area contributed by atoms with Gasteiger partial charge in [-0.2, -0.15) is 0 Å². The fraction of sp³-hybridized carbons (Fsp3) is 0.190. The second kappa shape index (κ2) is 7.53. The summed E-state index contributed by atoms with van der Waals surface area (Å²) in [6.07, 6.45) is 0.230. The normalized spacial score (nSPS) is 16.1. The number of hydrogen-bond donors (Lipinski definition) is 1. The zero-order valence-electron chi connectivity index (χ0n) is 15.8.